The molecule has 0 aliphatic carbocycles. The highest BCUT2D eigenvalue weighted by Crippen LogP contribution is 2.09. The second-order valence-corrected chi connectivity index (χ2v) is 4.54. The maximum Gasteiger partial charge on any atom is 0.326 e. The van der Waals surface area contributed by atoms with Crippen LogP contribution in [0.2, 0.25) is 0 Å². The number of carboxylic acids is 1. The summed E-state index contributed by atoms with van der Waals surface area (Å²) in [6.07, 6.45) is 1.01. The summed E-state index contributed by atoms with van der Waals surface area (Å²) < 4.78 is 0. The van der Waals surface area contributed by atoms with E-state index in [1.807, 2.05) is 6.92 Å². The van der Waals surface area contributed by atoms with Crippen molar-refractivity contribution >= 4 is 17.8 Å². The largest absolute Gasteiger partial charge is 0.480 e. The first-order chi connectivity index (χ1) is 8.20. The lowest BCUT2D eigenvalue weighted by molar-refractivity contribution is -0.143. The molecule has 2 atom stereocenters. The molecule has 0 bridgehead atoms. The van der Waals surface area contributed by atoms with E-state index in [4.69, 9.17) is 16.6 Å². The molecule has 0 radical (unpaired) electrons. The fraction of sp³-hybridized carbons (Fsp3) is 0.727. The molecule has 6 N–H and O–H groups in total. The zero-order valence-electron chi connectivity index (χ0n) is 10.7. The second kappa shape index (κ2) is 6.95. The van der Waals surface area contributed by atoms with E-state index in [2.05, 4.69) is 5.32 Å². The van der Waals surface area contributed by atoms with Crippen LogP contribution in [0, 0.1) is 0 Å². The Labute approximate surface area is 106 Å². The molecule has 0 aromatic carbocycles. The van der Waals surface area contributed by atoms with Gasteiger partial charge < -0.3 is 21.9 Å². The number of rotatable bonds is 8. The number of nitrogens with one attached hydrogen (secondary N) is 1. The van der Waals surface area contributed by atoms with Gasteiger partial charge in [-0.2, -0.15) is 0 Å². The lowest BCUT2D eigenvalue weighted by atomic mass is 9.96. The SMILES string of the molecule is CCCC(C)(N)C(=O)N[C@@H](CCC(N)=O)C(=O)O. The molecule has 0 aromatic heterocycles. The minimum Gasteiger partial charge on any atom is -0.480 e. The fourth-order valence-corrected chi connectivity index (χ4v) is 1.50. The summed E-state index contributed by atoms with van der Waals surface area (Å²) in [6, 6.07) is -1.15. The molecule has 0 saturated carbocycles. The number of carboxylic acid groups (broad SMARTS) is 1. The van der Waals surface area contributed by atoms with Gasteiger partial charge >= 0.3 is 5.97 Å². The van der Waals surface area contributed by atoms with E-state index in [0.717, 1.165) is 0 Å². The predicted octanol–water partition coefficient (Wildman–Crippen LogP) is -0.661. The molecule has 2 amide bonds. The van der Waals surface area contributed by atoms with Crippen LogP contribution < -0.4 is 16.8 Å². The van der Waals surface area contributed by atoms with Gasteiger partial charge in [-0.15, -0.1) is 0 Å². The van der Waals surface area contributed by atoms with E-state index >= 15 is 0 Å². The van der Waals surface area contributed by atoms with Crippen LogP contribution in [0.5, 0.6) is 0 Å². The quantitative estimate of drug-likeness (QED) is 0.458. The van der Waals surface area contributed by atoms with Crippen molar-refractivity contribution in [3.8, 4) is 0 Å². The van der Waals surface area contributed by atoms with Gasteiger partial charge in [-0.3, -0.25) is 9.59 Å². The zero-order valence-corrected chi connectivity index (χ0v) is 10.7. The summed E-state index contributed by atoms with van der Waals surface area (Å²) in [6.45, 7) is 3.42. The van der Waals surface area contributed by atoms with Gasteiger partial charge in [0.1, 0.15) is 6.04 Å². The van der Waals surface area contributed by atoms with E-state index in [9.17, 15) is 14.4 Å². The van der Waals surface area contributed by atoms with Gasteiger partial charge in [0.25, 0.3) is 0 Å². The number of aliphatic carboxylic acids is 1. The normalized spacial score (nSPS) is 15.5. The molecule has 18 heavy (non-hydrogen) atoms. The molecule has 7 nitrogen and oxygen atoms in total. The van der Waals surface area contributed by atoms with Crippen molar-refractivity contribution in [1.29, 1.82) is 0 Å². The monoisotopic (exact) mass is 259 g/mol. The molecule has 0 spiro atoms. The van der Waals surface area contributed by atoms with Crippen LogP contribution in [0.15, 0.2) is 0 Å². The van der Waals surface area contributed by atoms with E-state index in [0.29, 0.717) is 12.8 Å². The van der Waals surface area contributed by atoms with Gasteiger partial charge in [-0.25, -0.2) is 4.79 Å². The third-order valence-electron chi connectivity index (χ3n) is 2.57. The Hall–Kier alpha value is -1.63. The molecular weight excluding hydrogens is 238 g/mol. The van der Waals surface area contributed by atoms with Crippen molar-refractivity contribution in [1.82, 2.24) is 5.32 Å². The number of amides is 2. The van der Waals surface area contributed by atoms with E-state index in [1.54, 1.807) is 6.92 Å². The molecule has 104 valence electrons. The summed E-state index contributed by atoms with van der Waals surface area (Å²) in [5.74, 6) is -2.36. The van der Waals surface area contributed by atoms with Crippen LogP contribution >= 0.6 is 0 Å². The Kier molecular flexibility index (Phi) is 6.32. The van der Waals surface area contributed by atoms with Gasteiger partial charge in [0, 0.05) is 6.42 Å². The minimum absolute atomic E-state index is 0.0430. The van der Waals surface area contributed by atoms with Gasteiger partial charge in [0.05, 0.1) is 5.54 Å². The van der Waals surface area contributed by atoms with Crippen molar-refractivity contribution in [2.75, 3.05) is 0 Å². The minimum atomic E-state index is -1.21. The van der Waals surface area contributed by atoms with Gasteiger partial charge in [0.15, 0.2) is 0 Å². The highest BCUT2D eigenvalue weighted by molar-refractivity contribution is 5.89. The highest BCUT2D eigenvalue weighted by Gasteiger charge is 2.31. The molecule has 0 rings (SSSR count). The molecule has 0 fully saturated rings. The van der Waals surface area contributed by atoms with E-state index < -0.39 is 29.4 Å². The number of hydrogen-bond acceptors (Lipinski definition) is 4. The van der Waals surface area contributed by atoms with Crippen molar-refractivity contribution < 1.29 is 19.5 Å². The predicted molar refractivity (Wildman–Crippen MR) is 65.5 cm³/mol. The molecule has 0 aliphatic heterocycles. The fourth-order valence-electron chi connectivity index (χ4n) is 1.50. The Morgan fingerprint density at radius 2 is 1.94 bits per heavy atom. The standard InChI is InChI=1S/C11H21N3O4/c1-3-6-11(2,13)10(18)14-7(9(16)17)4-5-8(12)15/h7H,3-6,13H2,1-2H3,(H2,12,15)(H,14,18)(H,16,17)/t7-,11?/m0/s1. The number of carbonyl (C=O) groups is 3. The average molecular weight is 259 g/mol. The van der Waals surface area contributed by atoms with Crippen molar-refractivity contribution in [3.05, 3.63) is 0 Å². The van der Waals surface area contributed by atoms with Gasteiger partial charge in [0.2, 0.25) is 11.8 Å². The molecule has 0 saturated heterocycles. The third kappa shape index (κ3) is 5.62. The van der Waals surface area contributed by atoms with Crippen LogP contribution in [0.4, 0.5) is 0 Å². The molecule has 0 aliphatic rings. The number of hydrogen-bond donors (Lipinski definition) is 4. The van der Waals surface area contributed by atoms with Gasteiger partial charge in [-0.05, 0) is 19.8 Å². The first-order valence-electron chi connectivity index (χ1n) is 5.81. The molecule has 1 unspecified atom stereocenters. The van der Waals surface area contributed by atoms with Crippen molar-refractivity contribution in [2.24, 2.45) is 11.5 Å². The number of nitrogens with two attached hydrogens (primary N) is 2. The first kappa shape index (κ1) is 16.4. The average Bonchev–Trinajstić information content (AvgIpc) is 2.22. The van der Waals surface area contributed by atoms with Crippen molar-refractivity contribution in [2.45, 2.75) is 51.1 Å². The molecule has 0 aromatic rings. The Bertz CT molecular complexity index is 328. The van der Waals surface area contributed by atoms with Crippen LogP contribution in [0.3, 0.4) is 0 Å². The Morgan fingerprint density at radius 3 is 2.33 bits per heavy atom. The zero-order chi connectivity index (χ0) is 14.3. The lowest BCUT2D eigenvalue weighted by Gasteiger charge is -2.25. The summed E-state index contributed by atoms with van der Waals surface area (Å²) in [4.78, 5) is 33.3. The second-order valence-electron chi connectivity index (χ2n) is 4.54. The topological polar surface area (TPSA) is 136 Å². The summed E-state index contributed by atoms with van der Waals surface area (Å²) in [5.41, 5.74) is 9.60. The Morgan fingerprint density at radius 1 is 1.39 bits per heavy atom. The van der Waals surface area contributed by atoms with Crippen LogP contribution in [-0.2, 0) is 14.4 Å². The highest BCUT2D eigenvalue weighted by atomic mass is 16.4. The smallest absolute Gasteiger partial charge is 0.326 e. The Balaban J connectivity index is 4.54. The summed E-state index contributed by atoms with van der Waals surface area (Å²) in [7, 11) is 0. The van der Waals surface area contributed by atoms with E-state index in [1.165, 1.54) is 0 Å². The molecular formula is C11H21N3O4. The number of primary amides is 1. The maximum absolute atomic E-state index is 11.8. The maximum atomic E-state index is 11.8. The molecule has 7 heteroatoms. The lowest BCUT2D eigenvalue weighted by Crippen LogP contribution is -2.55. The number of carbonyl (C=O) groups excluding carboxylic acids is 2. The van der Waals surface area contributed by atoms with Crippen LogP contribution in [-0.4, -0.2) is 34.5 Å². The van der Waals surface area contributed by atoms with Crippen molar-refractivity contribution in [3.63, 3.8) is 0 Å². The third-order valence-corrected chi connectivity index (χ3v) is 2.57. The van der Waals surface area contributed by atoms with Crippen LogP contribution in [0.25, 0.3) is 0 Å². The van der Waals surface area contributed by atoms with E-state index in [-0.39, 0.29) is 12.8 Å². The van der Waals surface area contributed by atoms with Crippen LogP contribution in [0.1, 0.15) is 39.5 Å². The summed E-state index contributed by atoms with van der Waals surface area (Å²) in [5, 5.41) is 11.2. The molecule has 0 heterocycles. The summed E-state index contributed by atoms with van der Waals surface area (Å²) >= 11 is 0. The first-order valence-corrected chi connectivity index (χ1v) is 5.81. The van der Waals surface area contributed by atoms with Gasteiger partial charge in [-0.1, -0.05) is 13.3 Å².